The maximum absolute atomic E-state index is 14.0. The van der Waals surface area contributed by atoms with Crippen LogP contribution in [0.5, 0.6) is 34.5 Å². The lowest BCUT2D eigenvalue weighted by Gasteiger charge is -2.18. The first kappa shape index (κ1) is 79.4. The molecule has 1 saturated carbocycles. The second-order valence-electron chi connectivity index (χ2n) is 27.7. The van der Waals surface area contributed by atoms with Gasteiger partial charge in [-0.05, 0) is 201 Å². The number of para-hydroxylation sites is 3. The fourth-order valence-corrected chi connectivity index (χ4v) is 13.3. The molecule has 17 rings (SSSR count). The van der Waals surface area contributed by atoms with Crippen LogP contribution >= 0.6 is 0 Å². The van der Waals surface area contributed by atoms with Crippen LogP contribution in [0.15, 0.2) is 312 Å². The summed E-state index contributed by atoms with van der Waals surface area (Å²) in [4.78, 5) is 114. The third-order valence-electron chi connectivity index (χ3n) is 19.6. The monoisotopic (exact) mass is 1610 g/mol. The molecule has 9 aromatic carbocycles. The number of nitrogens with two attached hydrogens (primary N) is 3. The zero-order chi connectivity index (χ0) is 84.4. The number of amides is 3. The first-order chi connectivity index (χ1) is 58.8. The normalized spacial score (nSPS) is 11.9. The number of hydrogen-bond acceptors (Lipinski definition) is 20. The number of allylic oxidation sites excluding steroid dienone is 2. The Kier molecular flexibility index (Phi) is 23.0. The van der Waals surface area contributed by atoms with Crippen LogP contribution in [0.4, 0.5) is 34.5 Å². The highest BCUT2D eigenvalue weighted by atomic mass is 16.5. The smallest absolute Gasteiger partial charge is 0.339 e. The van der Waals surface area contributed by atoms with Crippen LogP contribution in [0, 0.1) is 17.2 Å². The van der Waals surface area contributed by atoms with Gasteiger partial charge in [0.25, 0.3) is 11.8 Å². The van der Waals surface area contributed by atoms with Gasteiger partial charge in [0.1, 0.15) is 81.7 Å². The van der Waals surface area contributed by atoms with Gasteiger partial charge in [0.15, 0.2) is 34.4 Å². The van der Waals surface area contributed by atoms with E-state index in [4.69, 9.17) is 31.4 Å². The number of ether oxygens (including phenoxy) is 3. The number of imidazole rings is 4. The molecule has 0 bridgehead atoms. The van der Waals surface area contributed by atoms with E-state index in [0.29, 0.717) is 125 Å². The number of nitrogens with zero attached hydrogens (tertiary/aromatic N) is 18. The molecular formula is C91H77N21O9. The van der Waals surface area contributed by atoms with Crippen LogP contribution in [-0.4, -0.2) is 106 Å². The first-order valence-electron chi connectivity index (χ1n) is 38.1. The van der Waals surface area contributed by atoms with Crippen molar-refractivity contribution in [2.45, 2.75) is 26.2 Å². The highest BCUT2D eigenvalue weighted by molar-refractivity contribution is 6.08. The lowest BCUT2D eigenvalue weighted by atomic mass is 10.2. The molecule has 30 nitrogen and oxygen atoms in total. The summed E-state index contributed by atoms with van der Waals surface area (Å²) in [6, 6.07) is 72.6. The molecule has 600 valence electrons. The highest BCUT2D eigenvalue weighted by Crippen LogP contribution is 2.35. The average Bonchev–Trinajstić information content (AvgIpc) is 1.60. The summed E-state index contributed by atoms with van der Waals surface area (Å²) in [5, 5.41) is 9.54. The summed E-state index contributed by atoms with van der Waals surface area (Å²) in [6.45, 7) is 1.96. The summed E-state index contributed by atoms with van der Waals surface area (Å²) >= 11 is 0. The van der Waals surface area contributed by atoms with Crippen LogP contribution in [0.3, 0.4) is 0 Å². The number of carbonyl (C=O) groups is 3. The SMILES string of the molecule is CC/C=C/C(=O)N(C)c1cccc(-n2c(=O)n(-c3ccc(Oc4ccccc4)cc3)c3c(N)ncnc32)c1.CN(C(=O)/C(C#N)=C/C1CC1)c1cccc(-n2c(=O)n(-c3ccc(Oc4ccccc4)cc3)c3c(N)ncnc32)c1.CN(C(=O)/C=C/c1cn(C)cn1)c1cccc(-n2c(=O)n(-c3ccc(Oc4ccccc4)cc3)c3c(N)ncnc32)c1. The standard InChI is InChI=1S/C31H26N8O3.C31H25N7O3.C29H26N6O3/c1-36-18-21(35-20-36)11-16-27(40)37(2)23-7-6-8-24(17-23)39-30-28(29(32)33-19-34-30)38(31(39)41)22-12-14-26(15-13-22)42-25-9-4-3-5-10-25;1-36(30(39)21(18-32)16-20-10-11-20)23-6-5-7-24(17-23)38-29-27(28(33)34-19-35-29)37(31(38)40)22-12-14-26(15-13-22)41-25-8-3-2-4-9-25;1-3-4-13-25(36)33(2)21-9-8-10-22(18-21)35-28-26(27(30)31-19-32-28)34(29(35)37)20-14-16-24(17-15-20)38-23-11-6-5-7-12-23/h3-20H,1-2H3,(H2,32,33,34);2-9,12-17,19-20H,10-11H2,1H3,(H2,33,34,35);4-19H,3H2,1-2H3,(H2,30,31,32)/b16-11+;21-16+;13-4+. The van der Waals surface area contributed by atoms with Crippen molar-refractivity contribution in [1.29, 1.82) is 5.26 Å². The molecule has 6 N–H and O–H groups in total. The van der Waals surface area contributed by atoms with Gasteiger partial charge in [-0.15, -0.1) is 0 Å². The number of rotatable bonds is 21. The van der Waals surface area contributed by atoms with E-state index in [0.717, 1.165) is 19.3 Å². The second kappa shape index (κ2) is 35.1. The molecule has 0 aliphatic heterocycles. The minimum Gasteiger partial charge on any atom is -0.457 e. The Labute approximate surface area is 691 Å². The summed E-state index contributed by atoms with van der Waals surface area (Å²) in [5.74, 6) is 3.87. The molecule has 0 saturated heterocycles. The predicted octanol–water partition coefficient (Wildman–Crippen LogP) is 14.0. The van der Waals surface area contributed by atoms with Crippen molar-refractivity contribution >= 4 is 91.8 Å². The minimum atomic E-state index is -0.415. The molecule has 7 heterocycles. The fraction of sp³-hybridized carbons (Fsp3) is 0.0989. The second-order valence-corrected chi connectivity index (χ2v) is 27.7. The molecule has 16 aromatic rings. The number of carbonyl (C=O) groups excluding carboxylic acids is 3. The Morgan fingerprint density at radius 3 is 1.12 bits per heavy atom. The van der Waals surface area contributed by atoms with E-state index in [9.17, 15) is 34.0 Å². The van der Waals surface area contributed by atoms with Gasteiger partial charge in [-0.2, -0.15) is 5.26 Å². The van der Waals surface area contributed by atoms with Crippen molar-refractivity contribution in [1.82, 2.24) is 66.9 Å². The van der Waals surface area contributed by atoms with Gasteiger partial charge in [-0.25, -0.2) is 63.0 Å². The minimum absolute atomic E-state index is 0.106. The van der Waals surface area contributed by atoms with E-state index < -0.39 is 17.3 Å². The number of likely N-dealkylation sites (N-methyl/N-ethyl adjacent to an activating group) is 3. The highest BCUT2D eigenvalue weighted by Gasteiger charge is 2.28. The van der Waals surface area contributed by atoms with Crippen LogP contribution in [0.25, 0.3) is 73.7 Å². The molecule has 0 radical (unpaired) electrons. The molecule has 0 spiro atoms. The topological polar surface area (TPSA) is 366 Å². The number of nitrogen functional groups attached to an aromatic ring is 3. The summed E-state index contributed by atoms with van der Waals surface area (Å²) in [7, 11) is 6.81. The molecule has 1 fully saturated rings. The Morgan fingerprint density at radius 2 is 0.785 bits per heavy atom. The Hall–Kier alpha value is -16.8. The number of fused-ring (bicyclic) bond motifs is 3. The van der Waals surface area contributed by atoms with Gasteiger partial charge in [0, 0.05) is 57.5 Å². The van der Waals surface area contributed by atoms with E-state index >= 15 is 0 Å². The zero-order valence-corrected chi connectivity index (χ0v) is 65.9. The number of hydrogen-bond donors (Lipinski definition) is 3. The predicted molar refractivity (Wildman–Crippen MR) is 464 cm³/mol. The molecule has 7 aromatic heterocycles. The van der Waals surface area contributed by atoms with Crippen LogP contribution in [0.1, 0.15) is 31.9 Å². The van der Waals surface area contributed by atoms with Gasteiger partial charge in [-0.1, -0.05) is 91.9 Å². The van der Waals surface area contributed by atoms with E-state index in [1.54, 1.807) is 196 Å². The van der Waals surface area contributed by atoms with Crippen LogP contribution < -0.4 is 63.2 Å². The van der Waals surface area contributed by atoms with Crippen LogP contribution in [0.2, 0.25) is 0 Å². The van der Waals surface area contributed by atoms with Crippen molar-refractivity contribution in [3.8, 4) is 74.7 Å². The Morgan fingerprint density at radius 1 is 0.438 bits per heavy atom. The Balaban J connectivity index is 0.000000141. The van der Waals surface area contributed by atoms with Gasteiger partial charge in [-0.3, -0.25) is 28.1 Å². The third-order valence-corrected chi connectivity index (χ3v) is 19.6. The van der Waals surface area contributed by atoms with E-state index in [1.807, 2.05) is 117 Å². The van der Waals surface area contributed by atoms with Crippen molar-refractivity contribution in [2.24, 2.45) is 13.0 Å². The summed E-state index contributed by atoms with van der Waals surface area (Å²) < 4.78 is 28.2. The lowest BCUT2D eigenvalue weighted by Crippen LogP contribution is -2.28. The maximum atomic E-state index is 14.0. The maximum Gasteiger partial charge on any atom is 0.339 e. The van der Waals surface area contributed by atoms with E-state index in [-0.39, 0.29) is 46.4 Å². The first-order valence-corrected chi connectivity index (χ1v) is 38.1. The molecule has 30 heteroatoms. The van der Waals surface area contributed by atoms with Crippen molar-refractivity contribution in [3.63, 3.8) is 0 Å². The quantitative estimate of drug-likeness (QED) is 0.0444. The van der Waals surface area contributed by atoms with Crippen LogP contribution in [-0.2, 0) is 21.4 Å². The molecule has 3 amide bonds. The van der Waals surface area contributed by atoms with Gasteiger partial charge >= 0.3 is 17.1 Å². The number of benzene rings is 9. The summed E-state index contributed by atoms with van der Waals surface area (Å²) in [6.07, 6.45) is 18.3. The Bertz CT molecular complexity index is 6880. The molecule has 0 atom stereocenters. The number of aryl methyl sites for hydroxylation is 1. The number of aromatic nitrogens is 14. The molecule has 0 unspecified atom stereocenters. The van der Waals surface area contributed by atoms with Gasteiger partial charge < -0.3 is 50.7 Å². The fourth-order valence-electron chi connectivity index (χ4n) is 13.3. The van der Waals surface area contributed by atoms with E-state index in [1.165, 1.54) is 73.2 Å². The zero-order valence-electron chi connectivity index (χ0n) is 65.9. The molecular weight excluding hydrogens is 1530 g/mol. The summed E-state index contributed by atoms with van der Waals surface area (Å²) in [5.41, 5.74) is 25.4. The number of anilines is 6. The average molecular weight is 1610 g/mol. The molecule has 1 aliphatic carbocycles. The van der Waals surface area contributed by atoms with Crippen molar-refractivity contribution in [3.05, 3.63) is 335 Å². The van der Waals surface area contributed by atoms with Crippen molar-refractivity contribution in [2.75, 3.05) is 53.0 Å². The van der Waals surface area contributed by atoms with Gasteiger partial charge in [0.05, 0.1) is 46.1 Å². The van der Waals surface area contributed by atoms with Crippen molar-refractivity contribution < 1.29 is 28.6 Å². The molecule has 1 aliphatic rings. The lowest BCUT2D eigenvalue weighted by molar-refractivity contribution is -0.115. The number of nitriles is 1. The molecule has 121 heavy (non-hydrogen) atoms. The largest absolute Gasteiger partial charge is 0.457 e. The third kappa shape index (κ3) is 17.1. The van der Waals surface area contributed by atoms with E-state index in [2.05, 4.69) is 34.9 Å². The van der Waals surface area contributed by atoms with Gasteiger partial charge in [0.2, 0.25) is 5.91 Å².